The van der Waals surface area contributed by atoms with Crippen molar-refractivity contribution in [2.24, 2.45) is 0 Å². The highest BCUT2D eigenvalue weighted by molar-refractivity contribution is 6.08. The van der Waals surface area contributed by atoms with E-state index in [4.69, 9.17) is 9.40 Å². The molecule has 3 heterocycles. The van der Waals surface area contributed by atoms with Crippen LogP contribution in [-0.2, 0) is 0 Å². The fourth-order valence-electron chi connectivity index (χ4n) is 4.66. The molecule has 4 aromatic carbocycles. The molecule has 7 aromatic rings. The first kappa shape index (κ1) is 15.8. The summed E-state index contributed by atoms with van der Waals surface area (Å²) in [6, 6.07) is 29.4. The molecule has 142 valence electrons. The Bertz CT molecular complexity index is 1760. The number of furan rings is 1. The third-order valence-electron chi connectivity index (χ3n) is 5.98. The Morgan fingerprint density at radius 2 is 1.53 bits per heavy atom. The van der Waals surface area contributed by atoms with Gasteiger partial charge >= 0.3 is 0 Å². The van der Waals surface area contributed by atoms with Crippen molar-refractivity contribution in [2.45, 2.75) is 6.92 Å². The SMILES string of the molecule is Cc1ccc2oc3c(-n4c5ccccc5n5c6ccccc6nc45)cccc3c2c1. The van der Waals surface area contributed by atoms with Crippen molar-refractivity contribution < 1.29 is 4.42 Å². The van der Waals surface area contributed by atoms with Gasteiger partial charge in [-0.25, -0.2) is 4.98 Å². The third-order valence-corrected chi connectivity index (χ3v) is 5.98. The minimum absolute atomic E-state index is 0.883. The van der Waals surface area contributed by atoms with E-state index in [1.807, 2.05) is 6.07 Å². The molecule has 0 saturated carbocycles. The van der Waals surface area contributed by atoms with E-state index in [1.54, 1.807) is 0 Å². The first-order valence-electron chi connectivity index (χ1n) is 10.1. The molecule has 7 rings (SSSR count). The number of hydrogen-bond donors (Lipinski definition) is 0. The van der Waals surface area contributed by atoms with E-state index in [1.165, 1.54) is 5.56 Å². The van der Waals surface area contributed by atoms with Crippen molar-refractivity contribution in [1.29, 1.82) is 0 Å². The summed E-state index contributed by atoms with van der Waals surface area (Å²) in [5.74, 6) is 0.890. The van der Waals surface area contributed by atoms with Crippen LogP contribution in [0.25, 0.3) is 55.5 Å². The lowest BCUT2D eigenvalue weighted by molar-refractivity contribution is 0.666. The van der Waals surface area contributed by atoms with Crippen LogP contribution >= 0.6 is 0 Å². The predicted octanol–water partition coefficient (Wildman–Crippen LogP) is 6.64. The van der Waals surface area contributed by atoms with Crippen molar-refractivity contribution >= 4 is 49.8 Å². The molecule has 0 fully saturated rings. The van der Waals surface area contributed by atoms with Gasteiger partial charge in [0.1, 0.15) is 5.58 Å². The Balaban J connectivity index is 1.70. The van der Waals surface area contributed by atoms with E-state index in [0.29, 0.717) is 0 Å². The molecule has 0 radical (unpaired) electrons. The number of rotatable bonds is 1. The van der Waals surface area contributed by atoms with Crippen molar-refractivity contribution in [1.82, 2.24) is 14.0 Å². The van der Waals surface area contributed by atoms with Crippen molar-refractivity contribution in [2.75, 3.05) is 0 Å². The van der Waals surface area contributed by atoms with Gasteiger partial charge in [-0.05, 0) is 49.4 Å². The topological polar surface area (TPSA) is 35.4 Å². The molecule has 3 aromatic heterocycles. The van der Waals surface area contributed by atoms with Gasteiger partial charge < -0.3 is 4.42 Å². The van der Waals surface area contributed by atoms with Gasteiger partial charge in [0.25, 0.3) is 0 Å². The summed E-state index contributed by atoms with van der Waals surface area (Å²) < 4.78 is 10.8. The maximum Gasteiger partial charge on any atom is 0.220 e. The largest absolute Gasteiger partial charge is 0.454 e. The number of para-hydroxylation sites is 5. The zero-order valence-electron chi connectivity index (χ0n) is 16.3. The zero-order chi connectivity index (χ0) is 19.8. The van der Waals surface area contributed by atoms with Crippen LogP contribution in [0.15, 0.2) is 89.3 Å². The normalized spacial score (nSPS) is 12.2. The lowest BCUT2D eigenvalue weighted by Crippen LogP contribution is -1.95. The minimum Gasteiger partial charge on any atom is -0.454 e. The molecule has 0 N–H and O–H groups in total. The summed E-state index contributed by atoms with van der Waals surface area (Å²) in [4.78, 5) is 4.99. The van der Waals surface area contributed by atoms with Gasteiger partial charge in [0.15, 0.2) is 5.58 Å². The summed E-state index contributed by atoms with van der Waals surface area (Å²) in [6.45, 7) is 2.11. The summed E-state index contributed by atoms with van der Waals surface area (Å²) in [7, 11) is 0. The predicted molar refractivity (Wildman–Crippen MR) is 122 cm³/mol. The molecule has 4 heteroatoms. The highest BCUT2D eigenvalue weighted by Crippen LogP contribution is 2.36. The highest BCUT2D eigenvalue weighted by atomic mass is 16.3. The Labute approximate surface area is 171 Å². The van der Waals surface area contributed by atoms with Crippen molar-refractivity contribution in [3.8, 4) is 5.69 Å². The molecule has 0 unspecified atom stereocenters. The van der Waals surface area contributed by atoms with E-state index in [-0.39, 0.29) is 0 Å². The van der Waals surface area contributed by atoms with E-state index in [2.05, 4.69) is 94.8 Å². The average molecular weight is 387 g/mol. The van der Waals surface area contributed by atoms with Gasteiger partial charge in [0.2, 0.25) is 5.78 Å². The van der Waals surface area contributed by atoms with Gasteiger partial charge in [-0.15, -0.1) is 0 Å². The minimum atomic E-state index is 0.883. The number of fused-ring (bicyclic) bond motifs is 8. The van der Waals surface area contributed by atoms with E-state index < -0.39 is 0 Å². The van der Waals surface area contributed by atoms with E-state index in [9.17, 15) is 0 Å². The molecule has 30 heavy (non-hydrogen) atoms. The quantitative estimate of drug-likeness (QED) is 0.316. The fraction of sp³-hybridized carbons (Fsp3) is 0.0385. The molecule has 0 spiro atoms. The lowest BCUT2D eigenvalue weighted by atomic mass is 10.1. The molecular weight excluding hydrogens is 370 g/mol. The number of imidazole rings is 2. The molecule has 0 atom stereocenters. The van der Waals surface area contributed by atoms with Crippen LogP contribution in [0.3, 0.4) is 0 Å². The molecule has 0 saturated heterocycles. The van der Waals surface area contributed by atoms with Crippen LogP contribution < -0.4 is 0 Å². The summed E-state index contributed by atoms with van der Waals surface area (Å²) in [5.41, 5.74) is 8.35. The summed E-state index contributed by atoms with van der Waals surface area (Å²) >= 11 is 0. The van der Waals surface area contributed by atoms with Crippen LogP contribution in [-0.4, -0.2) is 14.0 Å². The van der Waals surface area contributed by atoms with Gasteiger partial charge in [-0.1, -0.05) is 48.0 Å². The van der Waals surface area contributed by atoms with Gasteiger partial charge in [-0.3, -0.25) is 8.97 Å². The van der Waals surface area contributed by atoms with Crippen molar-refractivity contribution in [3.63, 3.8) is 0 Å². The number of aromatic nitrogens is 3. The second-order valence-corrected chi connectivity index (χ2v) is 7.82. The van der Waals surface area contributed by atoms with Crippen LogP contribution in [0, 0.1) is 6.92 Å². The van der Waals surface area contributed by atoms with E-state index in [0.717, 1.165) is 55.5 Å². The first-order chi connectivity index (χ1) is 14.8. The molecule has 0 bridgehead atoms. The fourth-order valence-corrected chi connectivity index (χ4v) is 4.66. The maximum absolute atomic E-state index is 6.38. The van der Waals surface area contributed by atoms with Crippen LogP contribution in [0.4, 0.5) is 0 Å². The molecular formula is C26H17N3O. The summed E-state index contributed by atoms with van der Waals surface area (Å²) in [5, 5.41) is 2.27. The van der Waals surface area contributed by atoms with Crippen LogP contribution in [0.1, 0.15) is 5.56 Å². The number of benzene rings is 4. The second-order valence-electron chi connectivity index (χ2n) is 7.82. The smallest absolute Gasteiger partial charge is 0.220 e. The Morgan fingerprint density at radius 1 is 0.733 bits per heavy atom. The lowest BCUT2D eigenvalue weighted by Gasteiger charge is -2.06. The standard InChI is InChI=1S/C26H17N3O/c1-16-13-14-24-18(15-16)17-7-6-12-23(25(17)30-24)29-22-11-5-4-10-21(22)28-20-9-3-2-8-19(20)27-26(28)29/h2-15H,1H3. The third kappa shape index (κ3) is 1.93. The monoisotopic (exact) mass is 387 g/mol. The average Bonchev–Trinajstić information content (AvgIpc) is 3.42. The number of aryl methyl sites for hydroxylation is 1. The molecule has 0 aliphatic carbocycles. The van der Waals surface area contributed by atoms with Crippen molar-refractivity contribution in [3.05, 3.63) is 90.5 Å². The number of hydrogen-bond acceptors (Lipinski definition) is 2. The highest BCUT2D eigenvalue weighted by Gasteiger charge is 2.20. The Kier molecular flexibility index (Phi) is 2.91. The van der Waals surface area contributed by atoms with Gasteiger partial charge in [0, 0.05) is 10.8 Å². The molecule has 0 aliphatic heterocycles. The molecule has 4 nitrogen and oxygen atoms in total. The Hall–Kier alpha value is -4.05. The Morgan fingerprint density at radius 3 is 2.43 bits per heavy atom. The second kappa shape index (κ2) is 5.51. The molecule has 0 aliphatic rings. The maximum atomic E-state index is 6.38. The van der Waals surface area contributed by atoms with Gasteiger partial charge in [0.05, 0.1) is 27.8 Å². The van der Waals surface area contributed by atoms with Crippen LogP contribution in [0.2, 0.25) is 0 Å². The van der Waals surface area contributed by atoms with Crippen LogP contribution in [0.5, 0.6) is 0 Å². The zero-order valence-corrected chi connectivity index (χ0v) is 16.3. The summed E-state index contributed by atoms with van der Waals surface area (Å²) in [6.07, 6.45) is 0. The number of nitrogens with zero attached hydrogens (tertiary/aromatic N) is 3. The van der Waals surface area contributed by atoms with E-state index >= 15 is 0 Å². The van der Waals surface area contributed by atoms with Gasteiger partial charge in [-0.2, -0.15) is 0 Å². The first-order valence-corrected chi connectivity index (χ1v) is 10.1. The molecule has 0 amide bonds.